The molecule has 0 aliphatic rings. The first-order valence-corrected chi connectivity index (χ1v) is 9.68. The summed E-state index contributed by atoms with van der Waals surface area (Å²) < 4.78 is 0.951. The molecule has 2 heterocycles. The van der Waals surface area contributed by atoms with Gasteiger partial charge in [0.25, 0.3) is 5.91 Å². The molecule has 3 aromatic rings. The quantitative estimate of drug-likeness (QED) is 0.568. The second-order valence-corrected chi connectivity index (χ2v) is 7.13. The molecule has 3 rings (SSSR count). The van der Waals surface area contributed by atoms with E-state index in [9.17, 15) is 4.79 Å². The number of likely N-dealkylation sites (N-methyl/N-ethyl adjacent to an activating group) is 1. The molecule has 0 fully saturated rings. The Morgan fingerprint density at radius 3 is 2.63 bits per heavy atom. The molecule has 0 spiro atoms. The summed E-state index contributed by atoms with van der Waals surface area (Å²) in [7, 11) is 0. The predicted octanol–water partition coefficient (Wildman–Crippen LogP) is 4.15. The van der Waals surface area contributed by atoms with Gasteiger partial charge in [-0.15, -0.1) is 12.4 Å². The number of thiazole rings is 1. The van der Waals surface area contributed by atoms with Gasteiger partial charge in [-0.3, -0.25) is 14.7 Å². The Hall–Kier alpha value is -1.80. The Bertz CT molecular complexity index is 886. The van der Waals surface area contributed by atoms with Crippen molar-refractivity contribution >= 4 is 56.6 Å². The largest absolute Gasteiger partial charge is 0.302 e. The van der Waals surface area contributed by atoms with Crippen LogP contribution in [0, 0.1) is 0 Å². The minimum Gasteiger partial charge on any atom is -0.302 e. The van der Waals surface area contributed by atoms with Crippen molar-refractivity contribution in [3.8, 4) is 0 Å². The zero-order valence-corrected chi connectivity index (χ0v) is 17.5. The monoisotopic (exact) mass is 425 g/mol. The molecule has 27 heavy (non-hydrogen) atoms. The topological polar surface area (TPSA) is 62.2 Å². The summed E-state index contributed by atoms with van der Waals surface area (Å²) in [5.74, 6) is -0.199. The molecule has 0 atom stereocenters. The van der Waals surface area contributed by atoms with E-state index in [2.05, 4.69) is 33.7 Å². The lowest BCUT2D eigenvalue weighted by molar-refractivity contribution is 0.0978. The van der Waals surface area contributed by atoms with E-state index >= 15 is 0 Å². The number of benzene rings is 1. The fourth-order valence-corrected chi connectivity index (χ4v) is 3.88. The van der Waals surface area contributed by atoms with Crippen LogP contribution in [0.1, 0.15) is 24.3 Å². The van der Waals surface area contributed by atoms with Gasteiger partial charge in [0, 0.05) is 30.5 Å². The molecule has 9 heteroatoms. The molecule has 2 aromatic heterocycles. The molecule has 0 bridgehead atoms. The number of halogens is 2. The van der Waals surface area contributed by atoms with E-state index in [0.717, 1.165) is 29.9 Å². The van der Waals surface area contributed by atoms with Gasteiger partial charge in [-0.25, -0.2) is 9.97 Å². The van der Waals surface area contributed by atoms with E-state index in [4.69, 9.17) is 11.6 Å². The van der Waals surface area contributed by atoms with Gasteiger partial charge in [-0.05, 0) is 31.3 Å². The predicted molar refractivity (Wildman–Crippen MR) is 113 cm³/mol. The number of rotatable bonds is 7. The summed E-state index contributed by atoms with van der Waals surface area (Å²) >= 11 is 7.53. The Morgan fingerprint density at radius 1 is 1.19 bits per heavy atom. The van der Waals surface area contributed by atoms with Crippen LogP contribution in [0.15, 0.2) is 36.8 Å². The normalized spacial score (nSPS) is 10.8. The van der Waals surface area contributed by atoms with E-state index in [1.807, 2.05) is 12.1 Å². The smallest absolute Gasteiger partial charge is 0.280 e. The van der Waals surface area contributed by atoms with Crippen molar-refractivity contribution in [3.63, 3.8) is 0 Å². The van der Waals surface area contributed by atoms with Crippen LogP contribution in [0.25, 0.3) is 10.2 Å². The van der Waals surface area contributed by atoms with Crippen molar-refractivity contribution in [2.45, 2.75) is 13.8 Å². The molecule has 0 saturated carbocycles. The standard InChI is InChI=1S/C18H20ClN5OS.ClH/c1-3-23(4-2)9-10-24(17(25)15-12-20-7-8-21-15)18-22-14-6-5-13(19)11-16(14)26-18;/h5-8,11-12H,3-4,9-10H2,1-2H3;1H. The van der Waals surface area contributed by atoms with Crippen LogP contribution in [0.2, 0.25) is 5.02 Å². The minimum atomic E-state index is -0.199. The van der Waals surface area contributed by atoms with Crippen LogP contribution in [0.4, 0.5) is 5.13 Å². The third-order valence-corrected chi connectivity index (χ3v) is 5.41. The van der Waals surface area contributed by atoms with Crippen molar-refractivity contribution in [1.82, 2.24) is 19.9 Å². The van der Waals surface area contributed by atoms with Gasteiger partial charge in [-0.1, -0.05) is 36.8 Å². The molecule has 1 aromatic carbocycles. The molecule has 0 N–H and O–H groups in total. The van der Waals surface area contributed by atoms with Crippen molar-refractivity contribution < 1.29 is 4.79 Å². The number of hydrogen-bond acceptors (Lipinski definition) is 6. The van der Waals surface area contributed by atoms with Crippen molar-refractivity contribution in [2.75, 3.05) is 31.1 Å². The lowest BCUT2D eigenvalue weighted by atomic mass is 10.3. The molecule has 144 valence electrons. The van der Waals surface area contributed by atoms with Crippen LogP contribution < -0.4 is 4.90 Å². The fraction of sp³-hybridized carbons (Fsp3) is 0.333. The van der Waals surface area contributed by atoms with Gasteiger partial charge in [-0.2, -0.15) is 0 Å². The van der Waals surface area contributed by atoms with E-state index in [-0.39, 0.29) is 18.3 Å². The number of fused-ring (bicyclic) bond motifs is 1. The van der Waals surface area contributed by atoms with Gasteiger partial charge >= 0.3 is 0 Å². The SMILES string of the molecule is CCN(CC)CCN(C(=O)c1cnccn1)c1nc2ccc(Cl)cc2s1.Cl. The van der Waals surface area contributed by atoms with Gasteiger partial charge in [0.05, 0.1) is 16.4 Å². The Morgan fingerprint density at radius 2 is 1.96 bits per heavy atom. The number of carbonyl (C=O) groups is 1. The first-order chi connectivity index (χ1) is 12.6. The number of nitrogens with zero attached hydrogens (tertiary/aromatic N) is 5. The van der Waals surface area contributed by atoms with Crippen molar-refractivity contribution in [3.05, 3.63) is 47.5 Å². The van der Waals surface area contributed by atoms with Crippen molar-refractivity contribution in [1.29, 1.82) is 0 Å². The highest BCUT2D eigenvalue weighted by Crippen LogP contribution is 2.31. The molecular formula is C18H21Cl2N5OS. The van der Waals surface area contributed by atoms with Crippen LogP contribution >= 0.6 is 35.3 Å². The third kappa shape index (κ3) is 5.13. The molecule has 0 unspecified atom stereocenters. The summed E-state index contributed by atoms with van der Waals surface area (Å²) in [6.07, 6.45) is 4.56. The molecule has 0 radical (unpaired) electrons. The maximum absolute atomic E-state index is 13.0. The zero-order chi connectivity index (χ0) is 18.5. The lowest BCUT2D eigenvalue weighted by Crippen LogP contribution is -2.39. The molecule has 6 nitrogen and oxygen atoms in total. The summed E-state index contributed by atoms with van der Waals surface area (Å²) in [5, 5.41) is 1.30. The highest BCUT2D eigenvalue weighted by Gasteiger charge is 2.23. The van der Waals surface area contributed by atoms with Gasteiger partial charge in [0.15, 0.2) is 5.13 Å². The van der Waals surface area contributed by atoms with E-state index in [0.29, 0.717) is 22.4 Å². The number of hydrogen-bond donors (Lipinski definition) is 0. The highest BCUT2D eigenvalue weighted by atomic mass is 35.5. The second-order valence-electron chi connectivity index (χ2n) is 5.68. The third-order valence-electron chi connectivity index (χ3n) is 4.13. The summed E-state index contributed by atoms with van der Waals surface area (Å²) in [6.45, 7) is 7.37. The molecule has 0 aliphatic carbocycles. The Labute approximate surface area is 173 Å². The first kappa shape index (κ1) is 21.5. The van der Waals surface area contributed by atoms with E-state index in [1.54, 1.807) is 17.2 Å². The van der Waals surface area contributed by atoms with Crippen LogP contribution in [-0.4, -0.2) is 51.9 Å². The van der Waals surface area contributed by atoms with Crippen LogP contribution in [0.5, 0.6) is 0 Å². The van der Waals surface area contributed by atoms with Crippen molar-refractivity contribution in [2.24, 2.45) is 0 Å². The summed E-state index contributed by atoms with van der Waals surface area (Å²) in [6, 6.07) is 5.54. The highest BCUT2D eigenvalue weighted by molar-refractivity contribution is 7.22. The van der Waals surface area contributed by atoms with Gasteiger partial charge in [0.2, 0.25) is 0 Å². The average Bonchev–Trinajstić information content (AvgIpc) is 3.08. The summed E-state index contributed by atoms with van der Waals surface area (Å²) in [5.41, 5.74) is 1.14. The maximum atomic E-state index is 13.0. The number of carbonyl (C=O) groups excluding carboxylic acids is 1. The second kappa shape index (κ2) is 9.94. The number of anilines is 1. The Balaban J connectivity index is 0.00000261. The molecule has 1 amide bonds. The van der Waals surface area contributed by atoms with E-state index in [1.165, 1.54) is 23.7 Å². The Kier molecular flexibility index (Phi) is 7.91. The summed E-state index contributed by atoms with van der Waals surface area (Å²) in [4.78, 5) is 29.8. The molecule has 0 saturated heterocycles. The minimum absolute atomic E-state index is 0. The van der Waals surface area contributed by atoms with Crippen LogP contribution in [-0.2, 0) is 0 Å². The van der Waals surface area contributed by atoms with E-state index < -0.39 is 0 Å². The van der Waals surface area contributed by atoms with Gasteiger partial charge in [0.1, 0.15) is 5.69 Å². The maximum Gasteiger partial charge on any atom is 0.280 e. The van der Waals surface area contributed by atoms with Crippen LogP contribution in [0.3, 0.4) is 0 Å². The zero-order valence-electron chi connectivity index (χ0n) is 15.1. The first-order valence-electron chi connectivity index (χ1n) is 8.48. The lowest BCUT2D eigenvalue weighted by Gasteiger charge is -2.24. The van der Waals surface area contributed by atoms with Gasteiger partial charge < -0.3 is 4.90 Å². The fourth-order valence-electron chi connectivity index (χ4n) is 2.61. The number of aromatic nitrogens is 3. The average molecular weight is 426 g/mol. The number of amides is 1. The molecular weight excluding hydrogens is 405 g/mol. The molecule has 0 aliphatic heterocycles.